The number of unbranched alkanes of at least 4 members (excludes halogenated alkanes) is 6. The van der Waals surface area contributed by atoms with Crippen LogP contribution in [0, 0.1) is 0 Å². The van der Waals surface area contributed by atoms with Crippen LogP contribution in [-0.4, -0.2) is 57.7 Å². The van der Waals surface area contributed by atoms with Crippen molar-refractivity contribution >= 4 is 0 Å². The fraction of sp³-hybridized carbons (Fsp3) is 0.793. The van der Waals surface area contributed by atoms with Crippen LogP contribution >= 0.6 is 0 Å². The lowest BCUT2D eigenvalue weighted by Crippen LogP contribution is -2.64. The molecular weight excluding hydrogens is 476 g/mol. The van der Waals surface area contributed by atoms with Crippen LogP contribution in [0.5, 0.6) is 5.75 Å². The van der Waals surface area contributed by atoms with E-state index in [-0.39, 0.29) is 45.7 Å². The number of rotatable bonds is 25. The molecule has 216 valence electrons. The molecule has 2 atom stereocenters. The maximum atomic E-state index is 6.37. The Balaban J connectivity index is 3.11. The van der Waals surface area contributed by atoms with Gasteiger partial charge < -0.3 is 28.4 Å². The first-order valence-corrected chi connectivity index (χ1v) is 14.3. The Kier molecular flexibility index (Phi) is 18.9. The molecule has 0 bridgehead atoms. The summed E-state index contributed by atoms with van der Waals surface area (Å²) in [5.41, 5.74) is 0. The molecule has 1 rings (SSSR count). The summed E-state index contributed by atoms with van der Waals surface area (Å²) in [7, 11) is 0. The van der Waals surface area contributed by atoms with E-state index in [1.54, 1.807) is 0 Å². The van der Waals surface area contributed by atoms with Crippen LogP contribution in [0.3, 0.4) is 0 Å². The molecular formula is C29H52O8. The second-order valence-corrected chi connectivity index (χ2v) is 8.61. The molecule has 0 saturated carbocycles. The predicted octanol–water partition coefficient (Wildman–Crippen LogP) is 7.01. The molecule has 0 aliphatic carbocycles. The smallest absolute Gasteiger partial charge is 0.396 e. The van der Waals surface area contributed by atoms with Crippen molar-refractivity contribution in [1.29, 1.82) is 0 Å². The highest BCUT2D eigenvalue weighted by molar-refractivity contribution is 5.21. The third kappa shape index (κ3) is 12.0. The lowest BCUT2D eigenvalue weighted by atomic mass is 10.1. The lowest BCUT2D eigenvalue weighted by molar-refractivity contribution is -0.616. The Labute approximate surface area is 225 Å². The quantitative estimate of drug-likeness (QED) is 0.0580. The van der Waals surface area contributed by atoms with E-state index in [1.807, 2.05) is 65.0 Å². The van der Waals surface area contributed by atoms with E-state index in [0.717, 1.165) is 25.0 Å². The molecule has 0 aliphatic heterocycles. The van der Waals surface area contributed by atoms with Crippen molar-refractivity contribution < 1.29 is 38.2 Å². The summed E-state index contributed by atoms with van der Waals surface area (Å²) in [6, 6.07) is 9.75. The Bertz CT molecular complexity index is 627. The molecule has 0 saturated heterocycles. The summed E-state index contributed by atoms with van der Waals surface area (Å²) < 4.78 is 36.7. The summed E-state index contributed by atoms with van der Waals surface area (Å²) in [4.78, 5) is 11.1. The predicted molar refractivity (Wildman–Crippen MR) is 144 cm³/mol. The van der Waals surface area contributed by atoms with E-state index >= 15 is 0 Å². The van der Waals surface area contributed by atoms with Gasteiger partial charge in [-0.3, -0.25) is 0 Å². The Morgan fingerprint density at radius 3 is 1.68 bits per heavy atom. The molecule has 0 spiro atoms. The van der Waals surface area contributed by atoms with Crippen LogP contribution in [0.25, 0.3) is 0 Å². The highest BCUT2D eigenvalue weighted by atomic mass is 17.3. The number of hydrogen-bond acceptors (Lipinski definition) is 8. The summed E-state index contributed by atoms with van der Waals surface area (Å²) in [5.74, 6) is -2.96. The minimum absolute atomic E-state index is 0.146. The van der Waals surface area contributed by atoms with Crippen molar-refractivity contribution in [3.05, 3.63) is 30.3 Å². The van der Waals surface area contributed by atoms with Crippen LogP contribution in [0.1, 0.15) is 92.9 Å². The molecule has 0 aromatic heterocycles. The summed E-state index contributed by atoms with van der Waals surface area (Å²) >= 11 is 0. The van der Waals surface area contributed by atoms with Gasteiger partial charge in [0.2, 0.25) is 0 Å². The Morgan fingerprint density at radius 1 is 0.595 bits per heavy atom. The van der Waals surface area contributed by atoms with E-state index in [4.69, 9.17) is 38.2 Å². The van der Waals surface area contributed by atoms with Crippen molar-refractivity contribution in [2.45, 2.75) is 111 Å². The lowest BCUT2D eigenvalue weighted by Gasteiger charge is -2.44. The number of para-hydroxylation sites is 1. The van der Waals surface area contributed by atoms with Gasteiger partial charge in [0, 0.05) is 19.8 Å². The third-order valence-electron chi connectivity index (χ3n) is 5.63. The standard InChI is InChI=1S/C29H52O8/c1-7-13-14-15-16-17-19-24-27(36-26-22-20-18-21-23-26)25-34-29(33-11-5,37-35-12-6)28(30-8-2,31-9-3)32-10-4/h18,20-23,27H,7-17,19,24-25H2,1-6H3. The van der Waals surface area contributed by atoms with Crippen LogP contribution in [0.4, 0.5) is 0 Å². The van der Waals surface area contributed by atoms with Gasteiger partial charge in [0.05, 0.1) is 19.8 Å². The Morgan fingerprint density at radius 2 is 1.14 bits per heavy atom. The van der Waals surface area contributed by atoms with Crippen molar-refractivity contribution in [2.75, 3.05) is 39.6 Å². The highest BCUT2D eigenvalue weighted by Gasteiger charge is 2.62. The van der Waals surface area contributed by atoms with Gasteiger partial charge in [0.1, 0.15) is 11.9 Å². The molecule has 0 fully saturated rings. The average Bonchev–Trinajstić information content (AvgIpc) is 2.90. The molecule has 0 N–H and O–H groups in total. The first kappa shape index (κ1) is 33.8. The molecule has 2 unspecified atom stereocenters. The summed E-state index contributed by atoms with van der Waals surface area (Å²) in [6.45, 7) is 12.9. The van der Waals surface area contributed by atoms with Crippen molar-refractivity contribution in [3.63, 3.8) is 0 Å². The SMILES string of the molecule is CCCCCCCCCC(COC(OCC)(OOCC)C(OCC)(OCC)OCC)Oc1ccccc1. The number of benzene rings is 1. The van der Waals surface area contributed by atoms with Gasteiger partial charge in [-0.1, -0.05) is 63.6 Å². The van der Waals surface area contributed by atoms with Gasteiger partial charge in [-0.25, -0.2) is 4.89 Å². The van der Waals surface area contributed by atoms with Gasteiger partial charge in [-0.2, -0.15) is 4.89 Å². The fourth-order valence-corrected chi connectivity index (χ4v) is 4.00. The van der Waals surface area contributed by atoms with Crippen LogP contribution < -0.4 is 4.74 Å². The largest absolute Gasteiger partial charge is 0.488 e. The minimum atomic E-state index is -1.93. The monoisotopic (exact) mass is 528 g/mol. The first-order valence-electron chi connectivity index (χ1n) is 14.3. The zero-order chi connectivity index (χ0) is 27.2. The van der Waals surface area contributed by atoms with Gasteiger partial charge in [0.15, 0.2) is 0 Å². The Hall–Kier alpha value is -1.26. The molecule has 8 heteroatoms. The van der Waals surface area contributed by atoms with E-state index < -0.39 is 11.9 Å². The number of hydrogen-bond donors (Lipinski definition) is 0. The summed E-state index contributed by atoms with van der Waals surface area (Å²) in [6.07, 6.45) is 9.05. The molecule has 8 nitrogen and oxygen atoms in total. The second kappa shape index (κ2) is 20.7. The molecule has 1 aromatic rings. The molecule has 1 aromatic carbocycles. The zero-order valence-electron chi connectivity index (χ0n) is 24.1. The first-order chi connectivity index (χ1) is 18.1. The van der Waals surface area contributed by atoms with Crippen molar-refractivity contribution in [2.24, 2.45) is 0 Å². The van der Waals surface area contributed by atoms with Gasteiger partial charge in [-0.15, -0.1) is 0 Å². The van der Waals surface area contributed by atoms with E-state index in [1.165, 1.54) is 32.1 Å². The van der Waals surface area contributed by atoms with Crippen molar-refractivity contribution in [1.82, 2.24) is 0 Å². The maximum absolute atomic E-state index is 6.37. The van der Waals surface area contributed by atoms with Crippen LogP contribution in [0.15, 0.2) is 30.3 Å². The topological polar surface area (TPSA) is 73.8 Å². The van der Waals surface area contributed by atoms with E-state index in [2.05, 4.69) is 6.92 Å². The van der Waals surface area contributed by atoms with Crippen molar-refractivity contribution in [3.8, 4) is 5.75 Å². The molecule has 37 heavy (non-hydrogen) atoms. The highest BCUT2D eigenvalue weighted by Crippen LogP contribution is 2.37. The fourth-order valence-electron chi connectivity index (χ4n) is 4.00. The average molecular weight is 529 g/mol. The van der Waals surface area contributed by atoms with Crippen LogP contribution in [-0.2, 0) is 33.5 Å². The summed E-state index contributed by atoms with van der Waals surface area (Å²) in [5, 5.41) is 0. The van der Waals surface area contributed by atoms with Gasteiger partial charge >= 0.3 is 11.9 Å². The van der Waals surface area contributed by atoms with E-state index in [9.17, 15) is 0 Å². The maximum Gasteiger partial charge on any atom is 0.396 e. The number of ether oxygens (including phenoxy) is 6. The molecule has 0 radical (unpaired) electrons. The van der Waals surface area contributed by atoms with Crippen LogP contribution in [0.2, 0.25) is 0 Å². The minimum Gasteiger partial charge on any atom is -0.488 e. The van der Waals surface area contributed by atoms with Gasteiger partial charge in [-0.05, 0) is 59.6 Å². The molecule has 0 heterocycles. The van der Waals surface area contributed by atoms with E-state index in [0.29, 0.717) is 0 Å². The van der Waals surface area contributed by atoms with Gasteiger partial charge in [0.25, 0.3) is 0 Å². The second-order valence-electron chi connectivity index (χ2n) is 8.61. The molecule has 0 amide bonds. The third-order valence-corrected chi connectivity index (χ3v) is 5.63. The molecule has 0 aliphatic rings. The zero-order valence-corrected chi connectivity index (χ0v) is 24.1. The normalized spacial score (nSPS) is 14.4.